The number of benzene rings is 1. The predicted molar refractivity (Wildman–Crippen MR) is 104 cm³/mol. The van der Waals surface area contributed by atoms with Gasteiger partial charge >= 0.3 is 11.9 Å². The molecule has 0 atom stereocenters. The number of fused-ring (bicyclic) bond motifs is 3. The summed E-state index contributed by atoms with van der Waals surface area (Å²) in [5, 5.41) is 18.8. The number of aryl methyl sites for hydroxylation is 1. The van der Waals surface area contributed by atoms with E-state index in [0.29, 0.717) is 17.5 Å². The van der Waals surface area contributed by atoms with Crippen molar-refractivity contribution in [2.75, 3.05) is 0 Å². The van der Waals surface area contributed by atoms with E-state index in [0.717, 1.165) is 37.8 Å². The molecule has 0 bridgehead atoms. The Morgan fingerprint density at radius 1 is 0.857 bits per heavy atom. The molecular weight excluding hydrogens is 364 g/mol. The fourth-order valence-corrected chi connectivity index (χ4v) is 3.38. The van der Waals surface area contributed by atoms with Crippen LogP contribution in [-0.4, -0.2) is 32.1 Å². The topological polar surface area (TPSA) is 140 Å². The first kappa shape index (κ1) is 19.3. The average Bonchev–Trinajstić information content (AvgIpc) is 2.64. The molecule has 8 heteroatoms. The van der Waals surface area contributed by atoms with E-state index in [1.54, 1.807) is 6.07 Å². The lowest BCUT2D eigenvalue weighted by Gasteiger charge is -2.11. The zero-order chi connectivity index (χ0) is 20.4. The summed E-state index contributed by atoms with van der Waals surface area (Å²) >= 11 is 0. The van der Waals surface area contributed by atoms with Gasteiger partial charge in [-0.1, -0.05) is 26.2 Å². The first-order valence-electron chi connectivity index (χ1n) is 9.06. The summed E-state index contributed by atoms with van der Waals surface area (Å²) in [4.78, 5) is 53.2. The molecule has 2 aromatic heterocycles. The van der Waals surface area contributed by atoms with E-state index in [2.05, 4.69) is 16.9 Å². The standard InChI is InChI=1S/C20H20N2O6/c1-2-3-4-5-6-10-7-11-14(23)8-12(19(25)26)22-18(11)16-15(24)9-13(20(27)28)21-17(10)16/h7-9H,2-6H2,1H3,(H,21,24)(H,22,23)(H,25,26)(H,27,28). The van der Waals surface area contributed by atoms with Gasteiger partial charge in [-0.2, -0.15) is 0 Å². The largest absolute Gasteiger partial charge is 0.477 e. The van der Waals surface area contributed by atoms with Gasteiger partial charge in [0.25, 0.3) is 0 Å². The van der Waals surface area contributed by atoms with Crippen LogP contribution >= 0.6 is 0 Å². The highest BCUT2D eigenvalue weighted by atomic mass is 16.4. The van der Waals surface area contributed by atoms with E-state index in [9.17, 15) is 29.4 Å². The van der Waals surface area contributed by atoms with Crippen LogP contribution in [0.15, 0.2) is 27.8 Å². The maximum absolute atomic E-state index is 12.7. The van der Waals surface area contributed by atoms with Gasteiger partial charge in [-0.25, -0.2) is 9.59 Å². The van der Waals surface area contributed by atoms with Crippen molar-refractivity contribution in [3.8, 4) is 0 Å². The van der Waals surface area contributed by atoms with E-state index in [-0.39, 0.29) is 27.7 Å². The smallest absolute Gasteiger partial charge is 0.352 e. The Morgan fingerprint density at radius 2 is 1.46 bits per heavy atom. The summed E-state index contributed by atoms with van der Waals surface area (Å²) in [6.07, 6.45) is 4.44. The van der Waals surface area contributed by atoms with Crippen molar-refractivity contribution in [2.24, 2.45) is 0 Å². The number of unbranched alkanes of at least 4 members (excludes halogenated alkanes) is 3. The number of carboxylic acid groups (broad SMARTS) is 2. The number of H-pyrrole nitrogens is 2. The molecule has 4 N–H and O–H groups in total. The molecule has 0 fully saturated rings. The highest BCUT2D eigenvalue weighted by Crippen LogP contribution is 2.24. The Labute approximate surface area is 158 Å². The molecule has 0 saturated heterocycles. The number of carboxylic acids is 2. The third-order valence-electron chi connectivity index (χ3n) is 4.75. The van der Waals surface area contributed by atoms with Crippen molar-refractivity contribution in [3.63, 3.8) is 0 Å². The number of hydrogen-bond acceptors (Lipinski definition) is 4. The van der Waals surface area contributed by atoms with Crippen molar-refractivity contribution < 1.29 is 19.8 Å². The van der Waals surface area contributed by atoms with Crippen LogP contribution in [0.4, 0.5) is 0 Å². The van der Waals surface area contributed by atoms with Gasteiger partial charge in [-0.05, 0) is 24.5 Å². The molecule has 0 aliphatic carbocycles. The highest BCUT2D eigenvalue weighted by Gasteiger charge is 2.17. The number of aromatic carboxylic acids is 2. The molecule has 0 spiro atoms. The molecule has 8 nitrogen and oxygen atoms in total. The zero-order valence-electron chi connectivity index (χ0n) is 15.3. The minimum atomic E-state index is -1.32. The second-order valence-electron chi connectivity index (χ2n) is 6.72. The maximum Gasteiger partial charge on any atom is 0.352 e. The Balaban J connectivity index is 2.36. The molecule has 0 amide bonds. The number of aromatic nitrogens is 2. The summed E-state index contributed by atoms with van der Waals surface area (Å²) in [7, 11) is 0. The van der Waals surface area contributed by atoms with Crippen molar-refractivity contribution in [1.29, 1.82) is 0 Å². The SMILES string of the molecule is CCCCCCc1cc2c(=O)cc(C(=O)O)[nH]c2c2c(=O)cc(C(=O)O)[nH]c12. The van der Waals surface area contributed by atoms with Crippen LogP contribution in [-0.2, 0) is 6.42 Å². The fourth-order valence-electron chi connectivity index (χ4n) is 3.38. The number of pyridine rings is 2. The van der Waals surface area contributed by atoms with Gasteiger partial charge in [0.05, 0.1) is 16.4 Å². The van der Waals surface area contributed by atoms with E-state index in [4.69, 9.17) is 0 Å². The van der Waals surface area contributed by atoms with Crippen molar-refractivity contribution in [3.05, 3.63) is 55.6 Å². The number of hydrogen-bond donors (Lipinski definition) is 4. The Bertz CT molecular complexity index is 1210. The molecule has 0 saturated carbocycles. The number of nitrogens with one attached hydrogen (secondary N) is 2. The molecule has 3 aromatic rings. The van der Waals surface area contributed by atoms with Gasteiger partial charge in [-0.15, -0.1) is 0 Å². The van der Waals surface area contributed by atoms with E-state index < -0.39 is 22.8 Å². The molecule has 28 heavy (non-hydrogen) atoms. The third-order valence-corrected chi connectivity index (χ3v) is 4.75. The van der Waals surface area contributed by atoms with Gasteiger partial charge in [0, 0.05) is 17.5 Å². The van der Waals surface area contributed by atoms with Gasteiger partial charge in [0.1, 0.15) is 11.4 Å². The van der Waals surface area contributed by atoms with E-state index in [1.165, 1.54) is 0 Å². The van der Waals surface area contributed by atoms with Crippen LogP contribution in [0, 0.1) is 0 Å². The summed E-state index contributed by atoms with van der Waals surface area (Å²) in [6, 6.07) is 3.53. The second kappa shape index (κ2) is 7.67. The van der Waals surface area contributed by atoms with Gasteiger partial charge < -0.3 is 20.2 Å². The van der Waals surface area contributed by atoms with Crippen LogP contribution in [0.2, 0.25) is 0 Å². The van der Waals surface area contributed by atoms with E-state index >= 15 is 0 Å². The fraction of sp³-hybridized carbons (Fsp3) is 0.300. The molecule has 3 rings (SSSR count). The van der Waals surface area contributed by atoms with Crippen LogP contribution in [0.3, 0.4) is 0 Å². The Hall–Kier alpha value is -3.42. The second-order valence-corrected chi connectivity index (χ2v) is 6.72. The zero-order valence-corrected chi connectivity index (χ0v) is 15.3. The highest BCUT2D eigenvalue weighted by molar-refractivity contribution is 6.07. The molecule has 1 aromatic carbocycles. The van der Waals surface area contributed by atoms with Crippen molar-refractivity contribution in [1.82, 2.24) is 9.97 Å². The van der Waals surface area contributed by atoms with Crippen LogP contribution in [0.5, 0.6) is 0 Å². The van der Waals surface area contributed by atoms with Gasteiger partial charge in [0.15, 0.2) is 10.9 Å². The first-order valence-corrected chi connectivity index (χ1v) is 9.06. The monoisotopic (exact) mass is 384 g/mol. The number of aromatic amines is 2. The first-order chi connectivity index (χ1) is 13.3. The van der Waals surface area contributed by atoms with Crippen LogP contribution < -0.4 is 10.9 Å². The summed E-state index contributed by atoms with van der Waals surface area (Å²) < 4.78 is 0. The summed E-state index contributed by atoms with van der Waals surface area (Å²) in [6.45, 7) is 2.08. The third kappa shape index (κ3) is 3.53. The molecular formula is C20H20N2O6. The number of rotatable bonds is 7. The average molecular weight is 384 g/mol. The Morgan fingerprint density at radius 3 is 2.07 bits per heavy atom. The van der Waals surface area contributed by atoms with Crippen molar-refractivity contribution >= 4 is 33.7 Å². The van der Waals surface area contributed by atoms with Gasteiger partial charge in [-0.3, -0.25) is 9.59 Å². The van der Waals surface area contributed by atoms with Crippen molar-refractivity contribution in [2.45, 2.75) is 39.0 Å². The summed E-state index contributed by atoms with van der Waals surface area (Å²) in [5.74, 6) is -2.60. The van der Waals surface area contributed by atoms with Crippen LogP contribution in [0.1, 0.15) is 59.1 Å². The summed E-state index contributed by atoms with van der Waals surface area (Å²) in [5.41, 5.74) is -0.635. The molecule has 146 valence electrons. The molecule has 0 radical (unpaired) electrons. The Kier molecular flexibility index (Phi) is 5.30. The van der Waals surface area contributed by atoms with Gasteiger partial charge in [0.2, 0.25) is 0 Å². The molecule has 2 heterocycles. The normalized spacial score (nSPS) is 11.2. The minimum Gasteiger partial charge on any atom is -0.477 e. The maximum atomic E-state index is 12.7. The van der Waals surface area contributed by atoms with E-state index in [1.807, 2.05) is 0 Å². The molecule has 0 aliphatic rings. The predicted octanol–water partition coefficient (Wildman–Crippen LogP) is 2.89. The number of carbonyl (C=O) groups is 2. The molecule has 0 unspecified atom stereocenters. The van der Waals surface area contributed by atoms with Crippen LogP contribution in [0.25, 0.3) is 21.8 Å². The lowest BCUT2D eigenvalue weighted by molar-refractivity contribution is 0.0680. The lowest BCUT2D eigenvalue weighted by Crippen LogP contribution is -2.15. The minimum absolute atomic E-state index is 0.0909. The lowest BCUT2D eigenvalue weighted by atomic mass is 9.98. The molecule has 0 aliphatic heterocycles. The quantitative estimate of drug-likeness (QED) is 0.365.